The number of para-hydroxylation sites is 3. The van der Waals surface area contributed by atoms with E-state index in [0.717, 1.165) is 17.2 Å². The molecule has 1 heterocycles. The first kappa shape index (κ1) is 27.6. The van der Waals surface area contributed by atoms with Crippen LogP contribution in [0.15, 0.2) is 101 Å². The zero-order chi connectivity index (χ0) is 28.3. The third kappa shape index (κ3) is 5.12. The molecular weight excluding hydrogens is 522 g/mol. The van der Waals surface area contributed by atoms with E-state index < -0.39 is 16.1 Å². The number of benzene rings is 4. The molecule has 0 saturated heterocycles. The molecule has 8 heteroatoms. The van der Waals surface area contributed by atoms with E-state index in [9.17, 15) is 13.2 Å². The molecule has 0 aliphatic carbocycles. The fourth-order valence-corrected chi connectivity index (χ4v) is 6.68. The van der Waals surface area contributed by atoms with Gasteiger partial charge in [0.2, 0.25) is 10.0 Å². The van der Waals surface area contributed by atoms with E-state index in [1.807, 2.05) is 62.4 Å². The minimum absolute atomic E-state index is 0.207. The zero-order valence-electron chi connectivity index (χ0n) is 22.9. The van der Waals surface area contributed by atoms with Crippen molar-refractivity contribution in [3.05, 3.63) is 107 Å². The van der Waals surface area contributed by atoms with Crippen molar-refractivity contribution >= 4 is 31.7 Å². The monoisotopic (exact) mass is 555 g/mol. The lowest BCUT2D eigenvalue weighted by Gasteiger charge is -2.30. The minimum Gasteiger partial charge on any atom is -0.492 e. The molecule has 0 fully saturated rings. The van der Waals surface area contributed by atoms with Gasteiger partial charge >= 0.3 is 0 Å². The second-order valence-corrected chi connectivity index (χ2v) is 11.6. The minimum atomic E-state index is -3.95. The molecule has 1 atom stereocenters. The zero-order valence-corrected chi connectivity index (χ0v) is 23.8. The molecular formula is C32H33N3O4S. The maximum Gasteiger partial charge on any atom is 0.266 e. The Hall–Kier alpha value is -4.01. The SMILES string of the molecule is CCCCN(C(C)c1nc2ccccc2c(=O)n1-c1ccccc1OCC)S(=O)(=O)c1ccc2ccccc2c1. The van der Waals surface area contributed by atoms with Crippen molar-refractivity contribution in [2.24, 2.45) is 0 Å². The van der Waals surface area contributed by atoms with Crippen molar-refractivity contribution in [1.82, 2.24) is 13.9 Å². The third-order valence-electron chi connectivity index (χ3n) is 7.07. The summed E-state index contributed by atoms with van der Waals surface area (Å²) in [5, 5.41) is 2.26. The highest BCUT2D eigenvalue weighted by Crippen LogP contribution is 2.32. The molecule has 0 spiro atoms. The summed E-state index contributed by atoms with van der Waals surface area (Å²) in [4.78, 5) is 19.1. The Morgan fingerprint density at radius 3 is 2.38 bits per heavy atom. The molecule has 4 aromatic carbocycles. The van der Waals surface area contributed by atoms with Gasteiger partial charge < -0.3 is 4.74 Å². The van der Waals surface area contributed by atoms with Gasteiger partial charge in [-0.05, 0) is 67.4 Å². The van der Waals surface area contributed by atoms with Crippen LogP contribution in [0.3, 0.4) is 0 Å². The summed E-state index contributed by atoms with van der Waals surface area (Å²) in [6.07, 6.45) is 1.46. The van der Waals surface area contributed by atoms with E-state index in [1.165, 1.54) is 8.87 Å². The van der Waals surface area contributed by atoms with Crippen LogP contribution in [0.2, 0.25) is 0 Å². The van der Waals surface area contributed by atoms with Gasteiger partial charge in [-0.2, -0.15) is 4.31 Å². The van der Waals surface area contributed by atoms with Crippen LogP contribution in [0.5, 0.6) is 5.75 Å². The topological polar surface area (TPSA) is 81.5 Å². The van der Waals surface area contributed by atoms with Crippen LogP contribution in [0.4, 0.5) is 0 Å². The van der Waals surface area contributed by atoms with Crippen LogP contribution < -0.4 is 10.3 Å². The van der Waals surface area contributed by atoms with Gasteiger partial charge in [-0.15, -0.1) is 0 Å². The number of aromatic nitrogens is 2. The molecule has 0 amide bonds. The average Bonchev–Trinajstić information content (AvgIpc) is 2.97. The molecule has 0 bridgehead atoms. The smallest absolute Gasteiger partial charge is 0.266 e. The number of hydrogen-bond donors (Lipinski definition) is 0. The van der Waals surface area contributed by atoms with Gasteiger partial charge in [-0.3, -0.25) is 9.36 Å². The van der Waals surface area contributed by atoms with Crippen LogP contribution in [-0.4, -0.2) is 35.4 Å². The number of nitrogens with zero attached hydrogens (tertiary/aromatic N) is 3. The van der Waals surface area contributed by atoms with Crippen molar-refractivity contribution in [1.29, 1.82) is 0 Å². The Kier molecular flexibility index (Phi) is 8.00. The number of unbranched alkanes of at least 4 members (excludes halogenated alkanes) is 1. The van der Waals surface area contributed by atoms with Gasteiger partial charge in [0.05, 0.1) is 34.1 Å². The van der Waals surface area contributed by atoms with E-state index in [-0.39, 0.29) is 17.0 Å². The Morgan fingerprint density at radius 2 is 1.60 bits per heavy atom. The van der Waals surface area contributed by atoms with Crippen LogP contribution >= 0.6 is 0 Å². The predicted molar refractivity (Wildman–Crippen MR) is 160 cm³/mol. The molecule has 0 saturated carbocycles. The van der Waals surface area contributed by atoms with Crippen molar-refractivity contribution in [3.8, 4) is 11.4 Å². The first-order valence-electron chi connectivity index (χ1n) is 13.6. The number of hydrogen-bond acceptors (Lipinski definition) is 5. The molecule has 40 heavy (non-hydrogen) atoms. The lowest BCUT2D eigenvalue weighted by Crippen LogP contribution is -2.38. The van der Waals surface area contributed by atoms with Gasteiger partial charge in [0, 0.05) is 6.54 Å². The summed E-state index contributed by atoms with van der Waals surface area (Å²) in [5.74, 6) is 0.853. The molecule has 0 N–H and O–H groups in total. The Bertz CT molecular complexity index is 1830. The van der Waals surface area contributed by atoms with Gasteiger partial charge in [-0.1, -0.05) is 67.9 Å². The normalized spacial score (nSPS) is 12.7. The summed E-state index contributed by atoms with van der Waals surface area (Å²) in [7, 11) is -3.95. The third-order valence-corrected chi connectivity index (χ3v) is 9.04. The highest BCUT2D eigenvalue weighted by Gasteiger charge is 2.33. The largest absolute Gasteiger partial charge is 0.492 e. The molecule has 206 valence electrons. The number of rotatable bonds is 10. The molecule has 5 aromatic rings. The summed E-state index contributed by atoms with van der Waals surface area (Å²) >= 11 is 0. The van der Waals surface area contributed by atoms with Gasteiger partial charge in [0.1, 0.15) is 11.6 Å². The maximum absolute atomic E-state index is 14.2. The second kappa shape index (κ2) is 11.6. The Labute approximate surface area is 234 Å². The van der Waals surface area contributed by atoms with E-state index in [4.69, 9.17) is 9.72 Å². The fourth-order valence-electron chi connectivity index (χ4n) is 5.01. The Morgan fingerprint density at radius 1 is 0.900 bits per heavy atom. The number of fused-ring (bicyclic) bond motifs is 2. The van der Waals surface area contributed by atoms with E-state index in [0.29, 0.717) is 41.2 Å². The first-order chi connectivity index (χ1) is 19.4. The van der Waals surface area contributed by atoms with E-state index >= 15 is 0 Å². The Balaban J connectivity index is 1.73. The molecule has 0 aliphatic rings. The lowest BCUT2D eigenvalue weighted by molar-refractivity contribution is 0.319. The summed E-state index contributed by atoms with van der Waals surface area (Å²) in [6, 6.07) is 26.5. The van der Waals surface area contributed by atoms with Crippen molar-refractivity contribution in [2.75, 3.05) is 13.2 Å². The van der Waals surface area contributed by atoms with Gasteiger partial charge in [0.15, 0.2) is 0 Å². The van der Waals surface area contributed by atoms with Gasteiger partial charge in [-0.25, -0.2) is 13.4 Å². The van der Waals surface area contributed by atoms with E-state index in [1.54, 1.807) is 49.4 Å². The number of sulfonamides is 1. The van der Waals surface area contributed by atoms with Crippen LogP contribution in [0.25, 0.3) is 27.4 Å². The summed E-state index contributed by atoms with van der Waals surface area (Å²) in [6.45, 7) is 6.39. The van der Waals surface area contributed by atoms with Gasteiger partial charge in [0.25, 0.3) is 5.56 Å². The van der Waals surface area contributed by atoms with Crippen LogP contribution in [0.1, 0.15) is 45.5 Å². The molecule has 0 aliphatic heterocycles. The molecule has 5 rings (SSSR count). The maximum atomic E-state index is 14.2. The molecule has 1 aromatic heterocycles. The average molecular weight is 556 g/mol. The van der Waals surface area contributed by atoms with E-state index in [2.05, 4.69) is 0 Å². The second-order valence-electron chi connectivity index (χ2n) is 9.68. The van der Waals surface area contributed by atoms with Crippen LogP contribution in [-0.2, 0) is 10.0 Å². The summed E-state index contributed by atoms with van der Waals surface area (Å²) < 4.78 is 37.3. The quantitative estimate of drug-likeness (QED) is 0.197. The van der Waals surface area contributed by atoms with Crippen molar-refractivity contribution < 1.29 is 13.2 Å². The predicted octanol–water partition coefficient (Wildman–Crippen LogP) is 6.49. The highest BCUT2D eigenvalue weighted by molar-refractivity contribution is 7.89. The number of ether oxygens (including phenoxy) is 1. The highest BCUT2D eigenvalue weighted by atomic mass is 32.2. The molecule has 1 unspecified atom stereocenters. The molecule has 0 radical (unpaired) electrons. The fraction of sp³-hybridized carbons (Fsp3) is 0.250. The first-order valence-corrected chi connectivity index (χ1v) is 15.0. The van der Waals surface area contributed by atoms with Crippen molar-refractivity contribution in [2.45, 2.75) is 44.6 Å². The van der Waals surface area contributed by atoms with Crippen LogP contribution in [0, 0.1) is 0 Å². The standard InChI is InChI=1S/C32H33N3O4S/c1-4-6-21-34(40(37,38)26-20-19-24-13-7-8-14-25(24)22-26)23(3)31-33-28-16-10-9-15-27(28)32(36)35(31)29-17-11-12-18-30(29)39-5-2/h7-20,22-23H,4-6,21H2,1-3H3. The lowest BCUT2D eigenvalue weighted by atomic mass is 10.1. The summed E-state index contributed by atoms with van der Waals surface area (Å²) in [5.41, 5.74) is 0.754. The molecule has 7 nitrogen and oxygen atoms in total. The van der Waals surface area contributed by atoms with Crippen molar-refractivity contribution in [3.63, 3.8) is 0 Å².